The lowest BCUT2D eigenvalue weighted by atomic mass is 9.92. The minimum absolute atomic E-state index is 0.313. The number of hydrogen-bond donors (Lipinski definition) is 2. The molecule has 0 radical (unpaired) electrons. The van der Waals surface area contributed by atoms with Gasteiger partial charge in [-0.2, -0.15) is 0 Å². The van der Waals surface area contributed by atoms with Gasteiger partial charge < -0.3 is 10.6 Å². The van der Waals surface area contributed by atoms with Crippen LogP contribution in [0, 0.1) is 5.82 Å². The Morgan fingerprint density at radius 1 is 0.970 bits per heavy atom. The molecule has 1 fully saturated rings. The van der Waals surface area contributed by atoms with Gasteiger partial charge in [0.2, 0.25) is 5.91 Å². The van der Waals surface area contributed by atoms with Crippen molar-refractivity contribution in [1.82, 2.24) is 15.5 Å². The molecule has 3 aromatic rings. The summed E-state index contributed by atoms with van der Waals surface area (Å²) in [5.74, 6) is -1.46. The van der Waals surface area contributed by atoms with Gasteiger partial charge in [0.05, 0.1) is 6.04 Å². The largest absolute Gasteiger partial charge is 0.348 e. The molecule has 0 bridgehead atoms. The molecule has 1 saturated heterocycles. The van der Waals surface area contributed by atoms with E-state index in [-0.39, 0.29) is 6.04 Å². The second kappa shape index (κ2) is 8.86. The molecule has 2 N–H and O–H groups in total. The van der Waals surface area contributed by atoms with Crippen LogP contribution in [0.4, 0.5) is 9.18 Å². The van der Waals surface area contributed by atoms with E-state index < -0.39 is 35.7 Å². The Hall–Kier alpha value is -4.00. The molecular formula is C26H24FN3O3. The summed E-state index contributed by atoms with van der Waals surface area (Å²) in [6.07, 6.45) is 0. The lowest BCUT2D eigenvalue weighted by molar-refractivity contribution is -0.135. The maximum Gasteiger partial charge on any atom is 0.325 e. The van der Waals surface area contributed by atoms with E-state index in [4.69, 9.17) is 0 Å². The normalized spacial score (nSPS) is 18.7. The standard InChI is InChI=1S/C26H24FN3O3/c1-17(18-8-10-20(11-9-18)19-6-4-3-5-7-19)28-23(31)16-30-24(32)26(2,29-25(30)33)21-12-14-22(27)15-13-21/h3-15,17H,16H2,1-2H3,(H,28,31)(H,29,33)/t17-,26+/m1/s1. The number of rotatable bonds is 6. The highest BCUT2D eigenvalue weighted by Crippen LogP contribution is 2.29. The molecule has 4 rings (SSSR count). The Labute approximate surface area is 191 Å². The van der Waals surface area contributed by atoms with E-state index in [0.29, 0.717) is 5.56 Å². The molecule has 1 aliphatic rings. The van der Waals surface area contributed by atoms with Gasteiger partial charge in [0.1, 0.15) is 17.9 Å². The Kier molecular flexibility index (Phi) is 5.96. The highest BCUT2D eigenvalue weighted by atomic mass is 19.1. The predicted molar refractivity (Wildman–Crippen MR) is 122 cm³/mol. The van der Waals surface area contributed by atoms with Crippen LogP contribution in [0.15, 0.2) is 78.9 Å². The van der Waals surface area contributed by atoms with E-state index in [0.717, 1.165) is 21.6 Å². The van der Waals surface area contributed by atoms with E-state index in [1.165, 1.54) is 31.2 Å². The van der Waals surface area contributed by atoms with Crippen molar-refractivity contribution in [2.24, 2.45) is 0 Å². The minimum atomic E-state index is -1.36. The summed E-state index contributed by atoms with van der Waals surface area (Å²) in [6, 6.07) is 22.2. The molecule has 0 saturated carbocycles. The van der Waals surface area contributed by atoms with Gasteiger partial charge in [-0.15, -0.1) is 0 Å². The molecular weight excluding hydrogens is 421 g/mol. The number of nitrogens with zero attached hydrogens (tertiary/aromatic N) is 1. The van der Waals surface area contributed by atoms with Crippen molar-refractivity contribution in [3.63, 3.8) is 0 Å². The second-order valence-electron chi connectivity index (χ2n) is 8.23. The van der Waals surface area contributed by atoms with E-state index in [1.54, 1.807) is 0 Å². The van der Waals surface area contributed by atoms with Crippen LogP contribution in [0.1, 0.15) is 31.0 Å². The van der Waals surface area contributed by atoms with Crippen molar-refractivity contribution >= 4 is 17.8 Å². The third-order valence-electron chi connectivity index (χ3n) is 5.89. The summed E-state index contributed by atoms with van der Waals surface area (Å²) < 4.78 is 13.3. The Balaban J connectivity index is 1.40. The number of amides is 4. The topological polar surface area (TPSA) is 78.5 Å². The molecule has 6 nitrogen and oxygen atoms in total. The minimum Gasteiger partial charge on any atom is -0.348 e. The third-order valence-corrected chi connectivity index (χ3v) is 5.89. The number of benzene rings is 3. The first-order valence-corrected chi connectivity index (χ1v) is 10.6. The number of nitrogens with one attached hydrogen (secondary N) is 2. The first kappa shape index (κ1) is 22.2. The van der Waals surface area contributed by atoms with E-state index in [9.17, 15) is 18.8 Å². The van der Waals surface area contributed by atoms with Crippen LogP contribution in [0.25, 0.3) is 11.1 Å². The fourth-order valence-corrected chi connectivity index (χ4v) is 3.93. The number of carbonyl (C=O) groups is 3. The van der Waals surface area contributed by atoms with E-state index >= 15 is 0 Å². The second-order valence-corrected chi connectivity index (χ2v) is 8.23. The number of hydrogen-bond acceptors (Lipinski definition) is 3. The van der Waals surface area contributed by atoms with Crippen LogP contribution in [-0.4, -0.2) is 29.3 Å². The zero-order valence-corrected chi connectivity index (χ0v) is 18.3. The first-order valence-electron chi connectivity index (χ1n) is 10.6. The molecule has 1 heterocycles. The third kappa shape index (κ3) is 4.48. The summed E-state index contributed by atoms with van der Waals surface area (Å²) in [6.45, 7) is 2.97. The van der Waals surface area contributed by atoms with E-state index in [1.807, 2.05) is 61.5 Å². The maximum absolute atomic E-state index is 13.3. The zero-order valence-electron chi connectivity index (χ0n) is 18.3. The average Bonchev–Trinajstić information content (AvgIpc) is 3.04. The van der Waals surface area contributed by atoms with Crippen LogP contribution in [-0.2, 0) is 15.1 Å². The summed E-state index contributed by atoms with van der Waals surface area (Å²) in [7, 11) is 0. The molecule has 1 aliphatic heterocycles. The fraction of sp³-hybridized carbons (Fsp3) is 0.192. The van der Waals surface area contributed by atoms with E-state index in [2.05, 4.69) is 10.6 Å². The van der Waals surface area contributed by atoms with Crippen LogP contribution < -0.4 is 10.6 Å². The van der Waals surface area contributed by atoms with Gasteiger partial charge in [-0.3, -0.25) is 14.5 Å². The smallest absolute Gasteiger partial charge is 0.325 e. The van der Waals surface area contributed by atoms with Crippen LogP contribution >= 0.6 is 0 Å². The molecule has 4 amide bonds. The monoisotopic (exact) mass is 445 g/mol. The van der Waals surface area contributed by atoms with Crippen molar-refractivity contribution in [2.45, 2.75) is 25.4 Å². The number of urea groups is 1. The predicted octanol–water partition coefficient (Wildman–Crippen LogP) is 4.14. The lowest BCUT2D eigenvalue weighted by Crippen LogP contribution is -2.43. The Morgan fingerprint density at radius 3 is 2.21 bits per heavy atom. The quantitative estimate of drug-likeness (QED) is 0.560. The van der Waals surface area contributed by atoms with Gasteiger partial charge in [0.25, 0.3) is 5.91 Å². The van der Waals surface area contributed by atoms with Crippen LogP contribution in [0.5, 0.6) is 0 Å². The van der Waals surface area contributed by atoms with Gasteiger partial charge in [-0.05, 0) is 48.2 Å². The summed E-state index contributed by atoms with van der Waals surface area (Å²) in [5, 5.41) is 5.45. The molecule has 7 heteroatoms. The van der Waals surface area contributed by atoms with Crippen molar-refractivity contribution in [3.05, 3.63) is 95.8 Å². The molecule has 0 aromatic heterocycles. The summed E-state index contributed by atoms with van der Waals surface area (Å²) in [4.78, 5) is 38.9. The van der Waals surface area contributed by atoms with Gasteiger partial charge in [0, 0.05) is 0 Å². The summed E-state index contributed by atoms with van der Waals surface area (Å²) in [5.41, 5.74) is 2.15. The SMILES string of the molecule is C[C@@H](NC(=O)CN1C(=O)N[C@@](C)(c2ccc(F)cc2)C1=O)c1ccc(-c2ccccc2)cc1. The number of carbonyl (C=O) groups excluding carboxylic acids is 3. The van der Waals surface area contributed by atoms with Gasteiger partial charge in [-0.25, -0.2) is 9.18 Å². The molecule has 3 aromatic carbocycles. The van der Waals surface area contributed by atoms with Gasteiger partial charge >= 0.3 is 6.03 Å². The number of imide groups is 1. The Morgan fingerprint density at radius 2 is 1.58 bits per heavy atom. The Bertz CT molecular complexity index is 1180. The molecule has 2 atom stereocenters. The molecule has 0 aliphatic carbocycles. The van der Waals surface area contributed by atoms with Crippen molar-refractivity contribution < 1.29 is 18.8 Å². The van der Waals surface area contributed by atoms with Crippen molar-refractivity contribution in [1.29, 1.82) is 0 Å². The van der Waals surface area contributed by atoms with Crippen LogP contribution in [0.3, 0.4) is 0 Å². The van der Waals surface area contributed by atoms with Gasteiger partial charge in [0.15, 0.2) is 0 Å². The fourth-order valence-electron chi connectivity index (χ4n) is 3.93. The average molecular weight is 445 g/mol. The molecule has 33 heavy (non-hydrogen) atoms. The molecule has 0 unspecified atom stereocenters. The molecule has 168 valence electrons. The summed E-state index contributed by atoms with van der Waals surface area (Å²) >= 11 is 0. The molecule has 0 spiro atoms. The number of halogens is 1. The zero-order chi connectivity index (χ0) is 23.6. The van der Waals surface area contributed by atoms with Crippen LogP contribution in [0.2, 0.25) is 0 Å². The van der Waals surface area contributed by atoms with Gasteiger partial charge in [-0.1, -0.05) is 66.7 Å². The van der Waals surface area contributed by atoms with Crippen molar-refractivity contribution in [3.8, 4) is 11.1 Å². The lowest BCUT2D eigenvalue weighted by Gasteiger charge is -2.22. The highest BCUT2D eigenvalue weighted by Gasteiger charge is 2.49. The highest BCUT2D eigenvalue weighted by molar-refractivity contribution is 6.09. The van der Waals surface area contributed by atoms with Crippen molar-refractivity contribution in [2.75, 3.05) is 6.54 Å². The maximum atomic E-state index is 13.3. The first-order chi connectivity index (χ1) is 15.8.